The fraction of sp³-hybridized carbons (Fsp3) is 0.857. The van der Waals surface area contributed by atoms with Crippen molar-refractivity contribution >= 4 is 6.09 Å². The largest absolute Gasteiger partial charge is 0.465 e. The molecule has 0 aliphatic carbocycles. The normalized spacial score (nSPS) is 35.1. The molecule has 4 nitrogen and oxygen atoms in total. The molecule has 1 N–H and O–H groups in total. The Morgan fingerprint density at radius 3 is 3.17 bits per heavy atom. The predicted molar refractivity (Wildman–Crippen MR) is 39.9 cm³/mol. The van der Waals surface area contributed by atoms with E-state index in [4.69, 9.17) is 9.22 Å². The highest BCUT2D eigenvalue weighted by molar-refractivity contribution is 5.65. The summed E-state index contributed by atoms with van der Waals surface area (Å²) < 4.78 is 38.3. The topological polar surface area (TPSA) is 49.8 Å². The van der Waals surface area contributed by atoms with Gasteiger partial charge in [0, 0.05) is 13.6 Å². The second-order valence-corrected chi connectivity index (χ2v) is 2.69. The van der Waals surface area contributed by atoms with E-state index in [0.29, 0.717) is 0 Å². The average molecular weight is 180 g/mol. The number of carbonyl (C=O) groups is 1. The minimum atomic E-state index is -2.64. The number of ether oxygens (including phenoxy) is 1. The lowest BCUT2D eigenvalue weighted by atomic mass is 10.1. The monoisotopic (exact) mass is 180 g/mol. The summed E-state index contributed by atoms with van der Waals surface area (Å²) in [6, 6.07) is 0. The molecular weight excluding hydrogens is 165 g/mol. The Labute approximate surface area is 74.1 Å². The summed E-state index contributed by atoms with van der Waals surface area (Å²) in [7, 11) is -2.64. The maximum atomic E-state index is 13.3. The number of methoxy groups -OCH3 is 1. The van der Waals surface area contributed by atoms with Crippen molar-refractivity contribution in [3.8, 4) is 0 Å². The maximum absolute atomic E-state index is 13.3. The van der Waals surface area contributed by atoms with Crippen LogP contribution >= 0.6 is 0 Å². The van der Waals surface area contributed by atoms with Gasteiger partial charge >= 0.3 is 6.09 Å². The third kappa shape index (κ3) is 1.85. The molecule has 0 aromatic carbocycles. The number of amides is 1. The van der Waals surface area contributed by atoms with Gasteiger partial charge in [0.15, 0.2) is 0 Å². The Morgan fingerprint density at radius 2 is 2.67 bits per heavy atom. The summed E-state index contributed by atoms with van der Waals surface area (Å²) in [5.41, 5.74) is 0. The minimum absolute atomic E-state index is 0.0614. The third-order valence-electron chi connectivity index (χ3n) is 1.90. The van der Waals surface area contributed by atoms with Crippen LogP contribution in [0.1, 0.15) is 10.5 Å². The van der Waals surface area contributed by atoms with Crippen molar-refractivity contribution in [2.75, 3.05) is 20.1 Å². The highest BCUT2D eigenvalue weighted by Gasteiger charge is 2.31. The van der Waals surface area contributed by atoms with E-state index >= 15 is 0 Å². The Bertz CT molecular complexity index is 248. The summed E-state index contributed by atoms with van der Waals surface area (Å²) >= 11 is 0. The van der Waals surface area contributed by atoms with E-state index in [9.17, 15) is 9.18 Å². The zero-order chi connectivity index (χ0) is 11.6. The van der Waals surface area contributed by atoms with Gasteiger partial charge < -0.3 is 14.7 Å². The molecule has 1 fully saturated rings. The molecular formula is C7H12FNO3. The lowest BCUT2D eigenvalue weighted by Gasteiger charge is -2.31. The number of halogens is 1. The number of nitrogens with zero attached hydrogens (tertiary/aromatic N) is 1. The Kier molecular flexibility index (Phi) is 1.78. The van der Waals surface area contributed by atoms with E-state index < -0.39 is 25.4 Å². The molecule has 0 aromatic heterocycles. The van der Waals surface area contributed by atoms with Crippen LogP contribution in [0, 0.1) is 0 Å². The zero-order valence-electron chi connectivity index (χ0n) is 9.36. The van der Waals surface area contributed by atoms with Crippen LogP contribution in [-0.4, -0.2) is 48.5 Å². The van der Waals surface area contributed by atoms with Crippen LogP contribution in [-0.2, 0) is 4.74 Å². The van der Waals surface area contributed by atoms with Crippen LogP contribution in [0.15, 0.2) is 0 Å². The van der Waals surface area contributed by atoms with Gasteiger partial charge in [0.25, 0.3) is 0 Å². The lowest BCUT2D eigenvalue weighted by Crippen LogP contribution is -2.47. The van der Waals surface area contributed by atoms with Crippen molar-refractivity contribution in [2.24, 2.45) is 0 Å². The molecule has 1 saturated heterocycles. The highest BCUT2D eigenvalue weighted by Crippen LogP contribution is 2.16. The Hall–Kier alpha value is -0.840. The molecule has 1 amide bonds. The lowest BCUT2D eigenvalue weighted by molar-refractivity contribution is -0.0175. The second kappa shape index (κ2) is 3.71. The fourth-order valence-electron chi connectivity index (χ4n) is 1.19. The summed E-state index contributed by atoms with van der Waals surface area (Å²) in [5.74, 6) is 0. The Balaban J connectivity index is 2.49. The van der Waals surface area contributed by atoms with Gasteiger partial charge in [0.05, 0.1) is 16.8 Å². The molecule has 1 aliphatic rings. The van der Waals surface area contributed by atoms with Gasteiger partial charge in [-0.1, -0.05) is 0 Å². The summed E-state index contributed by atoms with van der Waals surface area (Å²) in [5, 5.41) is 8.58. The standard InChI is InChI=1S/C7H12FNO3/c1-12-6-2-3-9(7(10)11)4-5(6)8/h5-6H,2-4H2,1H3,(H,10,11)/t5-,6+/m1/s1/i1D3. The van der Waals surface area contributed by atoms with Crippen molar-refractivity contribution in [3.05, 3.63) is 0 Å². The van der Waals surface area contributed by atoms with Crippen LogP contribution in [0.4, 0.5) is 9.18 Å². The van der Waals surface area contributed by atoms with E-state index in [-0.39, 0.29) is 19.5 Å². The zero-order valence-corrected chi connectivity index (χ0v) is 6.36. The van der Waals surface area contributed by atoms with Gasteiger partial charge in [0.2, 0.25) is 0 Å². The van der Waals surface area contributed by atoms with Crippen molar-refractivity contribution < 1.29 is 23.1 Å². The predicted octanol–water partition coefficient (Wildman–Crippen LogP) is 0.723. The first-order valence-electron chi connectivity index (χ1n) is 5.09. The molecule has 0 spiro atoms. The number of rotatable bonds is 1. The van der Waals surface area contributed by atoms with E-state index in [1.54, 1.807) is 0 Å². The van der Waals surface area contributed by atoms with Gasteiger partial charge in [-0.25, -0.2) is 9.18 Å². The van der Waals surface area contributed by atoms with E-state index in [1.165, 1.54) is 0 Å². The molecule has 0 unspecified atom stereocenters. The van der Waals surface area contributed by atoms with E-state index in [0.717, 1.165) is 4.90 Å². The molecule has 12 heavy (non-hydrogen) atoms. The summed E-state index contributed by atoms with van der Waals surface area (Å²) in [6.45, 7) is -0.243. The van der Waals surface area contributed by atoms with Gasteiger partial charge in [-0.2, -0.15) is 0 Å². The van der Waals surface area contributed by atoms with Crippen molar-refractivity contribution in [1.29, 1.82) is 0 Å². The van der Waals surface area contributed by atoms with E-state index in [2.05, 4.69) is 4.74 Å². The molecule has 0 aromatic rings. The molecule has 1 rings (SSSR count). The van der Waals surface area contributed by atoms with Gasteiger partial charge in [-0.3, -0.25) is 0 Å². The molecule has 0 bridgehead atoms. The van der Waals surface area contributed by atoms with Crippen LogP contribution in [0.2, 0.25) is 0 Å². The minimum Gasteiger partial charge on any atom is -0.465 e. The van der Waals surface area contributed by atoms with Crippen LogP contribution < -0.4 is 0 Å². The van der Waals surface area contributed by atoms with E-state index in [1.807, 2.05) is 0 Å². The molecule has 2 atom stereocenters. The van der Waals surface area contributed by atoms with Crippen LogP contribution in [0.25, 0.3) is 0 Å². The number of carboxylic acid groups (broad SMARTS) is 1. The van der Waals surface area contributed by atoms with Crippen molar-refractivity contribution in [2.45, 2.75) is 18.7 Å². The SMILES string of the molecule is [2H]C([2H])([2H])O[C@H]1CCN(C(=O)O)C[C@H]1F. The molecule has 5 heteroatoms. The molecule has 70 valence electrons. The second-order valence-electron chi connectivity index (χ2n) is 2.69. The summed E-state index contributed by atoms with van der Waals surface area (Å²) in [4.78, 5) is 11.4. The molecule has 1 heterocycles. The van der Waals surface area contributed by atoms with Gasteiger partial charge in [-0.05, 0) is 6.42 Å². The smallest absolute Gasteiger partial charge is 0.407 e. The first-order valence-corrected chi connectivity index (χ1v) is 3.59. The quantitative estimate of drug-likeness (QED) is 0.647. The number of alkyl halides is 1. The maximum Gasteiger partial charge on any atom is 0.407 e. The van der Waals surface area contributed by atoms with Gasteiger partial charge in [0.1, 0.15) is 6.17 Å². The number of hydrogen-bond acceptors (Lipinski definition) is 2. The van der Waals surface area contributed by atoms with Crippen molar-refractivity contribution in [3.63, 3.8) is 0 Å². The Morgan fingerprint density at radius 1 is 1.92 bits per heavy atom. The molecule has 1 aliphatic heterocycles. The summed E-state index contributed by atoms with van der Waals surface area (Å²) in [6.07, 6.45) is -3.78. The molecule has 0 radical (unpaired) electrons. The highest BCUT2D eigenvalue weighted by atomic mass is 19.1. The van der Waals surface area contributed by atoms with Crippen LogP contribution in [0.5, 0.6) is 0 Å². The third-order valence-corrected chi connectivity index (χ3v) is 1.90. The van der Waals surface area contributed by atoms with Crippen LogP contribution in [0.3, 0.4) is 0 Å². The average Bonchev–Trinajstić information content (AvgIpc) is 2.05. The first kappa shape index (κ1) is 5.75. The molecule has 0 saturated carbocycles. The van der Waals surface area contributed by atoms with Crippen molar-refractivity contribution in [1.82, 2.24) is 4.90 Å². The number of hydrogen-bond donors (Lipinski definition) is 1. The number of piperidine rings is 1. The number of likely N-dealkylation sites (tertiary alicyclic amines) is 1. The fourth-order valence-corrected chi connectivity index (χ4v) is 1.19. The van der Waals surface area contributed by atoms with Gasteiger partial charge in [-0.15, -0.1) is 0 Å². The first-order chi connectivity index (χ1) is 6.79.